The second kappa shape index (κ2) is 5.27. The zero-order valence-corrected chi connectivity index (χ0v) is 16.5. The number of benzene rings is 2. The number of hydrogen-bond donors (Lipinski definition) is 0. The summed E-state index contributed by atoms with van der Waals surface area (Å²) in [6.07, 6.45) is 8.56. The normalized spacial score (nSPS) is 21.9. The fourth-order valence-corrected chi connectivity index (χ4v) is 16.7. The molecule has 23 heavy (non-hydrogen) atoms. The van der Waals surface area contributed by atoms with Gasteiger partial charge in [-0.15, -0.1) is 0 Å². The van der Waals surface area contributed by atoms with Gasteiger partial charge in [0.2, 0.25) is 0 Å². The van der Waals surface area contributed by atoms with Crippen LogP contribution in [0.3, 0.4) is 0 Å². The van der Waals surface area contributed by atoms with Crippen molar-refractivity contribution >= 4 is 32.5 Å². The summed E-state index contributed by atoms with van der Waals surface area (Å²) in [6, 6.07) is 16.6. The van der Waals surface area contributed by atoms with Crippen LogP contribution in [0.5, 0.6) is 0 Å². The molecule has 2 aliphatic carbocycles. The van der Waals surface area contributed by atoms with E-state index < -0.39 is 15.9 Å². The van der Waals surface area contributed by atoms with Gasteiger partial charge in [0.1, 0.15) is 0 Å². The number of allylic oxidation sites excluding steroid dienone is 2. The van der Waals surface area contributed by atoms with Gasteiger partial charge >= 0.3 is 145 Å². The minimum absolute atomic E-state index is 0.00859. The molecule has 0 radical (unpaired) electrons. The Morgan fingerprint density at radius 1 is 0.783 bits per heavy atom. The maximum atomic E-state index is 7.35. The van der Waals surface area contributed by atoms with E-state index >= 15 is 0 Å². The van der Waals surface area contributed by atoms with Gasteiger partial charge in [-0.1, -0.05) is 0 Å². The van der Waals surface area contributed by atoms with Crippen molar-refractivity contribution in [2.45, 2.75) is 7.25 Å². The van der Waals surface area contributed by atoms with Crippen molar-refractivity contribution in [3.05, 3.63) is 89.5 Å². The Bertz CT molecular complexity index is 888. The molecule has 0 amide bonds. The molecule has 0 spiro atoms. The van der Waals surface area contributed by atoms with Gasteiger partial charge in [0.05, 0.1) is 0 Å². The van der Waals surface area contributed by atoms with E-state index in [4.69, 9.17) is 17.0 Å². The Morgan fingerprint density at radius 3 is 1.65 bits per heavy atom. The molecule has 0 N–H and O–H groups in total. The number of rotatable bonds is 2. The van der Waals surface area contributed by atoms with Crippen molar-refractivity contribution < 1.29 is 15.9 Å². The molecule has 0 aromatic heterocycles. The Balaban J connectivity index is 1.94. The van der Waals surface area contributed by atoms with Gasteiger partial charge in [0.15, 0.2) is 0 Å². The Labute approximate surface area is 144 Å². The van der Waals surface area contributed by atoms with Gasteiger partial charge < -0.3 is 0 Å². The average molecular weight is 418 g/mol. The monoisotopic (exact) mass is 416 g/mol. The van der Waals surface area contributed by atoms with Gasteiger partial charge in [-0.2, -0.15) is 0 Å². The van der Waals surface area contributed by atoms with Gasteiger partial charge in [-0.3, -0.25) is 0 Å². The molecule has 114 valence electrons. The SMILES string of the molecule is C=[C]=[Zr]([Cl])([Cl])([CH]1C=Cc2ccccc21)[CH]1C=Cc2ccccc21. The quantitative estimate of drug-likeness (QED) is 0.552. The molecule has 0 bridgehead atoms. The molecule has 2 unspecified atom stereocenters. The first-order valence-corrected chi connectivity index (χ1v) is 18.1. The molecule has 0 saturated heterocycles. The maximum absolute atomic E-state index is 7.35. The van der Waals surface area contributed by atoms with Crippen LogP contribution >= 0.6 is 17.0 Å². The topological polar surface area (TPSA) is 0 Å². The van der Waals surface area contributed by atoms with Gasteiger partial charge in [-0.25, -0.2) is 0 Å². The van der Waals surface area contributed by atoms with Crippen LogP contribution in [0.2, 0.25) is 0 Å². The molecular weight excluding hydrogens is 402 g/mol. The molecule has 2 atom stereocenters. The van der Waals surface area contributed by atoms with Crippen LogP contribution in [0.15, 0.2) is 67.3 Å². The summed E-state index contributed by atoms with van der Waals surface area (Å²) >= 11 is -4.52. The summed E-state index contributed by atoms with van der Waals surface area (Å²) < 4.78 is 3.23. The van der Waals surface area contributed by atoms with E-state index in [0.717, 1.165) is 0 Å². The van der Waals surface area contributed by atoms with Crippen LogP contribution < -0.4 is 0 Å². The second-order valence-electron chi connectivity index (χ2n) is 6.26. The Morgan fingerprint density at radius 2 is 1.22 bits per heavy atom. The fraction of sp³-hybridized carbons (Fsp3) is 0.100. The van der Waals surface area contributed by atoms with E-state index in [-0.39, 0.29) is 7.25 Å². The van der Waals surface area contributed by atoms with Gasteiger partial charge in [-0.05, 0) is 0 Å². The van der Waals surface area contributed by atoms with Crippen molar-refractivity contribution in [1.29, 1.82) is 0 Å². The van der Waals surface area contributed by atoms with Crippen LogP contribution in [0, 0.1) is 0 Å². The third-order valence-corrected chi connectivity index (χ3v) is 22.0. The van der Waals surface area contributed by atoms with Crippen molar-refractivity contribution in [1.82, 2.24) is 0 Å². The molecule has 2 aliphatic rings. The van der Waals surface area contributed by atoms with E-state index in [2.05, 4.69) is 58.5 Å². The van der Waals surface area contributed by atoms with Crippen molar-refractivity contribution in [2.24, 2.45) is 0 Å². The standard InChI is InChI=1S/2C9H7.C2H2.2ClH.Zr/c2*1-2-5-9-7-3-6-8(9)4-1;1-2;;;/h2*1-7H;1H2;2*1H;/q;;;;;+2/p-2. The summed E-state index contributed by atoms with van der Waals surface area (Å²) in [7, 11) is 14.7. The van der Waals surface area contributed by atoms with Crippen molar-refractivity contribution in [3.63, 3.8) is 0 Å². The van der Waals surface area contributed by atoms with Crippen LogP contribution in [0.1, 0.15) is 29.5 Å². The third-order valence-electron chi connectivity index (χ3n) is 5.08. The molecule has 2 aromatic carbocycles. The van der Waals surface area contributed by atoms with Crippen LogP contribution in [-0.2, 0) is 15.9 Å². The van der Waals surface area contributed by atoms with Crippen LogP contribution in [0.25, 0.3) is 12.2 Å². The van der Waals surface area contributed by atoms with Gasteiger partial charge in [0.25, 0.3) is 0 Å². The predicted octanol–water partition coefficient (Wildman–Crippen LogP) is 6.11. The number of halogens is 2. The third kappa shape index (κ3) is 2.19. The molecule has 3 heteroatoms. The van der Waals surface area contributed by atoms with E-state index in [9.17, 15) is 0 Å². The van der Waals surface area contributed by atoms with Crippen LogP contribution in [0.4, 0.5) is 0 Å². The summed E-state index contributed by atoms with van der Waals surface area (Å²) in [6.45, 7) is 3.98. The first-order valence-electron chi connectivity index (χ1n) is 7.70. The minimum atomic E-state index is -4.52. The number of hydrogen-bond acceptors (Lipinski definition) is 0. The summed E-state index contributed by atoms with van der Waals surface area (Å²) in [5, 5.41) is 0. The zero-order chi connectivity index (χ0) is 16.1. The van der Waals surface area contributed by atoms with E-state index in [0.29, 0.717) is 0 Å². The first kappa shape index (κ1) is 15.6. The summed E-state index contributed by atoms with van der Waals surface area (Å²) in [5.74, 6) is 0. The first-order chi connectivity index (χ1) is 11.0. The molecule has 0 nitrogen and oxygen atoms in total. The summed E-state index contributed by atoms with van der Waals surface area (Å²) in [4.78, 5) is 0. The molecular formula is C20H16Cl2Zr. The zero-order valence-electron chi connectivity index (χ0n) is 12.5. The van der Waals surface area contributed by atoms with E-state index in [1.165, 1.54) is 22.3 Å². The average Bonchev–Trinajstić information content (AvgIpc) is 3.20. The molecule has 2 aromatic rings. The molecule has 0 heterocycles. The van der Waals surface area contributed by atoms with Crippen molar-refractivity contribution in [3.8, 4) is 0 Å². The van der Waals surface area contributed by atoms with Crippen LogP contribution in [-0.4, -0.2) is 3.36 Å². The van der Waals surface area contributed by atoms with Gasteiger partial charge in [0, 0.05) is 0 Å². The second-order valence-corrected chi connectivity index (χ2v) is 26.6. The van der Waals surface area contributed by atoms with E-state index in [1.54, 1.807) is 0 Å². The Kier molecular flexibility index (Phi) is 3.56. The molecule has 0 saturated carbocycles. The summed E-state index contributed by atoms with van der Waals surface area (Å²) in [5.41, 5.74) is 4.81. The fourth-order valence-electron chi connectivity index (χ4n) is 3.84. The molecule has 0 fully saturated rings. The molecule has 0 aliphatic heterocycles. The Hall–Kier alpha value is -0.967. The van der Waals surface area contributed by atoms with E-state index in [1.807, 2.05) is 24.3 Å². The number of fused-ring (bicyclic) bond motifs is 2. The molecule has 4 rings (SSSR count). The van der Waals surface area contributed by atoms with Crippen molar-refractivity contribution in [2.75, 3.05) is 0 Å². The predicted molar refractivity (Wildman–Crippen MR) is 98.8 cm³/mol.